The molecule has 6 heteroatoms. The summed E-state index contributed by atoms with van der Waals surface area (Å²) in [6.45, 7) is 0. The maximum absolute atomic E-state index is 10.6. The van der Waals surface area contributed by atoms with Gasteiger partial charge in [0.1, 0.15) is 17.5 Å². The fourth-order valence-corrected chi connectivity index (χ4v) is 1.49. The van der Waals surface area contributed by atoms with E-state index in [1.807, 2.05) is 0 Å². The van der Waals surface area contributed by atoms with E-state index in [9.17, 15) is 9.90 Å². The Morgan fingerprint density at radius 2 is 2.25 bits per heavy atom. The summed E-state index contributed by atoms with van der Waals surface area (Å²) in [5.41, 5.74) is 5.73. The second kappa shape index (κ2) is 5.05. The number of halogens is 1. The molecule has 0 spiro atoms. The summed E-state index contributed by atoms with van der Waals surface area (Å²) in [5.74, 6) is -0.892. The van der Waals surface area contributed by atoms with E-state index in [0.29, 0.717) is 16.3 Å². The lowest BCUT2D eigenvalue weighted by Gasteiger charge is -2.11. The predicted octanol–water partition coefficient (Wildman–Crippen LogP) is 1.01. The van der Waals surface area contributed by atoms with Gasteiger partial charge in [0.2, 0.25) is 0 Å². The maximum Gasteiger partial charge on any atom is 0.320 e. The van der Waals surface area contributed by atoms with Gasteiger partial charge in [-0.1, -0.05) is 11.6 Å². The lowest BCUT2D eigenvalue weighted by atomic mass is 10.1. The number of carboxylic acids is 1. The molecule has 0 aliphatic heterocycles. The molecule has 4 N–H and O–H groups in total. The number of carboxylic acid groups (broad SMARTS) is 1. The maximum atomic E-state index is 10.6. The average Bonchev–Trinajstić information content (AvgIpc) is 2.22. The molecule has 0 bridgehead atoms. The van der Waals surface area contributed by atoms with Crippen LogP contribution in [0.15, 0.2) is 12.1 Å². The van der Waals surface area contributed by atoms with Crippen LogP contribution in [-0.4, -0.2) is 29.3 Å². The predicted molar refractivity (Wildman–Crippen MR) is 59.0 cm³/mol. The lowest BCUT2D eigenvalue weighted by molar-refractivity contribution is -0.138. The third-order valence-electron chi connectivity index (χ3n) is 2.11. The number of ether oxygens (including phenoxy) is 1. The molecule has 5 nitrogen and oxygen atoms in total. The average molecular weight is 246 g/mol. The van der Waals surface area contributed by atoms with Crippen molar-refractivity contribution in [3.8, 4) is 11.5 Å². The van der Waals surface area contributed by atoms with Crippen LogP contribution in [0.2, 0.25) is 5.02 Å². The van der Waals surface area contributed by atoms with Gasteiger partial charge in [-0.05, 0) is 11.6 Å². The van der Waals surface area contributed by atoms with Crippen molar-refractivity contribution in [2.24, 2.45) is 5.73 Å². The molecule has 1 rings (SSSR count). The topological polar surface area (TPSA) is 92.8 Å². The van der Waals surface area contributed by atoms with Crippen LogP contribution < -0.4 is 10.5 Å². The van der Waals surface area contributed by atoms with Gasteiger partial charge < -0.3 is 20.7 Å². The Balaban J connectivity index is 2.98. The van der Waals surface area contributed by atoms with E-state index in [0.717, 1.165) is 0 Å². The first-order valence-electron chi connectivity index (χ1n) is 4.49. The third-order valence-corrected chi connectivity index (χ3v) is 2.41. The van der Waals surface area contributed by atoms with E-state index in [4.69, 9.17) is 27.2 Å². The van der Waals surface area contributed by atoms with Gasteiger partial charge in [0.15, 0.2) is 0 Å². The minimum atomic E-state index is -1.13. The number of aromatic hydroxyl groups is 1. The van der Waals surface area contributed by atoms with E-state index in [1.54, 1.807) is 0 Å². The number of hydrogen-bond donors (Lipinski definition) is 3. The van der Waals surface area contributed by atoms with Crippen molar-refractivity contribution in [2.45, 2.75) is 12.5 Å². The van der Waals surface area contributed by atoms with Gasteiger partial charge in [0.25, 0.3) is 0 Å². The molecule has 0 aromatic heterocycles. The van der Waals surface area contributed by atoms with E-state index >= 15 is 0 Å². The van der Waals surface area contributed by atoms with Gasteiger partial charge >= 0.3 is 5.97 Å². The fraction of sp³-hybridized carbons (Fsp3) is 0.300. The van der Waals surface area contributed by atoms with Crippen molar-refractivity contribution >= 4 is 17.6 Å². The lowest BCUT2D eigenvalue weighted by Crippen LogP contribution is -2.32. The van der Waals surface area contributed by atoms with Gasteiger partial charge in [-0.15, -0.1) is 0 Å². The molecule has 0 aliphatic rings. The molecule has 16 heavy (non-hydrogen) atoms. The SMILES string of the molecule is COc1cc(O)c(CC(N)C(=O)O)cc1Cl. The fourth-order valence-electron chi connectivity index (χ4n) is 1.23. The molecule has 0 amide bonds. The molecule has 88 valence electrons. The second-order valence-electron chi connectivity index (χ2n) is 3.26. The summed E-state index contributed by atoms with van der Waals surface area (Å²) in [5, 5.41) is 18.5. The van der Waals surface area contributed by atoms with Crippen molar-refractivity contribution in [1.29, 1.82) is 0 Å². The first kappa shape index (κ1) is 12.6. The van der Waals surface area contributed by atoms with Crippen molar-refractivity contribution in [3.63, 3.8) is 0 Å². The highest BCUT2D eigenvalue weighted by atomic mass is 35.5. The zero-order chi connectivity index (χ0) is 12.3. The van der Waals surface area contributed by atoms with Crippen LogP contribution >= 0.6 is 11.6 Å². The first-order chi connectivity index (χ1) is 7.45. The summed E-state index contributed by atoms with van der Waals surface area (Å²) >= 11 is 5.84. The number of rotatable bonds is 4. The van der Waals surface area contributed by atoms with Crippen LogP contribution in [-0.2, 0) is 11.2 Å². The quantitative estimate of drug-likeness (QED) is 0.736. The van der Waals surface area contributed by atoms with Gasteiger partial charge in [0, 0.05) is 12.5 Å². The van der Waals surface area contributed by atoms with Gasteiger partial charge in [-0.2, -0.15) is 0 Å². The van der Waals surface area contributed by atoms with E-state index < -0.39 is 12.0 Å². The van der Waals surface area contributed by atoms with E-state index in [-0.39, 0.29) is 12.2 Å². The van der Waals surface area contributed by atoms with Crippen LogP contribution in [0.25, 0.3) is 0 Å². The van der Waals surface area contributed by atoms with Crippen LogP contribution in [0.3, 0.4) is 0 Å². The molecular weight excluding hydrogens is 234 g/mol. The van der Waals surface area contributed by atoms with E-state index in [2.05, 4.69) is 0 Å². The molecule has 0 heterocycles. The zero-order valence-electron chi connectivity index (χ0n) is 8.61. The highest BCUT2D eigenvalue weighted by molar-refractivity contribution is 6.32. The van der Waals surface area contributed by atoms with Crippen LogP contribution in [0.4, 0.5) is 0 Å². The number of phenols is 1. The zero-order valence-corrected chi connectivity index (χ0v) is 9.36. The molecule has 0 radical (unpaired) electrons. The minimum Gasteiger partial charge on any atom is -0.508 e. The molecule has 0 fully saturated rings. The van der Waals surface area contributed by atoms with Crippen molar-refractivity contribution < 1.29 is 19.7 Å². The second-order valence-corrected chi connectivity index (χ2v) is 3.67. The summed E-state index contributed by atoms with van der Waals surface area (Å²) in [4.78, 5) is 10.6. The van der Waals surface area contributed by atoms with Crippen molar-refractivity contribution in [2.75, 3.05) is 7.11 Å². The number of phenolic OH excluding ortho intramolecular Hbond substituents is 1. The number of aliphatic carboxylic acids is 1. The van der Waals surface area contributed by atoms with Crippen LogP contribution in [0.1, 0.15) is 5.56 Å². The Hall–Kier alpha value is -1.46. The normalized spacial score (nSPS) is 12.2. The number of carbonyl (C=O) groups is 1. The van der Waals surface area contributed by atoms with Crippen LogP contribution in [0, 0.1) is 0 Å². The molecule has 0 saturated carbocycles. The van der Waals surface area contributed by atoms with Crippen molar-refractivity contribution in [3.05, 3.63) is 22.7 Å². The summed E-state index contributed by atoms with van der Waals surface area (Å²) in [6.07, 6.45) is 0.00484. The van der Waals surface area contributed by atoms with Crippen LogP contribution in [0.5, 0.6) is 11.5 Å². The summed E-state index contributed by atoms with van der Waals surface area (Å²) < 4.78 is 4.89. The van der Waals surface area contributed by atoms with Crippen molar-refractivity contribution in [1.82, 2.24) is 0 Å². The number of methoxy groups -OCH3 is 1. The highest BCUT2D eigenvalue weighted by Gasteiger charge is 2.16. The number of nitrogens with two attached hydrogens (primary N) is 1. The Morgan fingerprint density at radius 1 is 1.62 bits per heavy atom. The first-order valence-corrected chi connectivity index (χ1v) is 4.87. The smallest absolute Gasteiger partial charge is 0.320 e. The number of hydrogen-bond acceptors (Lipinski definition) is 4. The Morgan fingerprint density at radius 3 is 2.75 bits per heavy atom. The highest BCUT2D eigenvalue weighted by Crippen LogP contribution is 2.32. The summed E-state index contributed by atoms with van der Waals surface area (Å²) in [7, 11) is 1.42. The van der Waals surface area contributed by atoms with E-state index in [1.165, 1.54) is 19.2 Å². The Kier molecular flexibility index (Phi) is 3.98. The molecular formula is C10H12ClNO4. The number of benzene rings is 1. The molecule has 1 unspecified atom stereocenters. The largest absolute Gasteiger partial charge is 0.508 e. The standard InChI is InChI=1S/C10H12ClNO4/c1-16-9-4-8(13)5(2-6(9)11)3-7(12)10(14)15/h2,4,7,13H,3,12H2,1H3,(H,14,15). The Labute approximate surface area is 97.4 Å². The molecule has 1 aromatic rings. The molecule has 1 aromatic carbocycles. The third kappa shape index (κ3) is 2.77. The molecule has 0 saturated heterocycles. The molecule has 1 atom stereocenters. The van der Waals surface area contributed by atoms with Gasteiger partial charge in [-0.3, -0.25) is 4.79 Å². The summed E-state index contributed by atoms with van der Waals surface area (Å²) in [6, 6.07) is 1.69. The van der Waals surface area contributed by atoms with Gasteiger partial charge in [-0.25, -0.2) is 0 Å². The monoisotopic (exact) mass is 245 g/mol. The molecule has 0 aliphatic carbocycles. The Bertz CT molecular complexity index is 408. The minimum absolute atomic E-state index is 0.00484. The van der Waals surface area contributed by atoms with Gasteiger partial charge in [0.05, 0.1) is 12.1 Å².